The number of rotatable bonds is 3. The Balaban J connectivity index is 1.71. The van der Waals surface area contributed by atoms with E-state index in [0.717, 1.165) is 31.6 Å². The highest BCUT2D eigenvalue weighted by molar-refractivity contribution is 5.38. The van der Waals surface area contributed by atoms with Crippen LogP contribution in [0.3, 0.4) is 0 Å². The minimum atomic E-state index is -0.148. The third-order valence-corrected chi connectivity index (χ3v) is 3.54. The number of piperidine rings is 1. The van der Waals surface area contributed by atoms with Gasteiger partial charge < -0.3 is 15.2 Å². The summed E-state index contributed by atoms with van der Waals surface area (Å²) in [4.78, 5) is 29.3. The lowest BCUT2D eigenvalue weighted by Crippen LogP contribution is -2.44. The van der Waals surface area contributed by atoms with Crippen molar-refractivity contribution < 1.29 is 0 Å². The summed E-state index contributed by atoms with van der Waals surface area (Å²) < 4.78 is 0. The highest BCUT2D eigenvalue weighted by Gasteiger charge is 2.23. The SMILES string of the molecule is Cc1ccnc(N[C@H]2CCCN(c3ncc[nH]c3=O)C2)n1. The predicted molar refractivity (Wildman–Crippen MR) is 80.5 cm³/mol. The molecule has 21 heavy (non-hydrogen) atoms. The van der Waals surface area contributed by atoms with E-state index in [-0.39, 0.29) is 11.6 Å². The Morgan fingerprint density at radius 2 is 2.29 bits per heavy atom. The highest BCUT2D eigenvalue weighted by Crippen LogP contribution is 2.16. The zero-order valence-corrected chi connectivity index (χ0v) is 11.9. The molecule has 0 spiro atoms. The van der Waals surface area contributed by atoms with Crippen molar-refractivity contribution in [1.82, 2.24) is 19.9 Å². The van der Waals surface area contributed by atoms with Gasteiger partial charge in [-0.15, -0.1) is 0 Å². The fraction of sp³-hybridized carbons (Fsp3) is 0.429. The predicted octanol–water partition coefficient (Wildman–Crippen LogP) is 0.949. The molecular formula is C14H18N6O. The Labute approximate surface area is 122 Å². The minimum absolute atomic E-state index is 0.148. The molecule has 2 N–H and O–H groups in total. The Morgan fingerprint density at radius 1 is 1.38 bits per heavy atom. The second-order valence-corrected chi connectivity index (χ2v) is 5.19. The molecule has 0 radical (unpaired) electrons. The number of anilines is 2. The lowest BCUT2D eigenvalue weighted by molar-refractivity contribution is 0.522. The van der Waals surface area contributed by atoms with Gasteiger partial charge in [0.2, 0.25) is 5.95 Å². The van der Waals surface area contributed by atoms with E-state index in [0.29, 0.717) is 11.8 Å². The van der Waals surface area contributed by atoms with Gasteiger partial charge in [-0.1, -0.05) is 0 Å². The maximum absolute atomic E-state index is 11.8. The van der Waals surface area contributed by atoms with Gasteiger partial charge in [-0.05, 0) is 25.8 Å². The number of aryl methyl sites for hydroxylation is 1. The third-order valence-electron chi connectivity index (χ3n) is 3.54. The maximum atomic E-state index is 11.8. The van der Waals surface area contributed by atoms with Crippen molar-refractivity contribution in [2.24, 2.45) is 0 Å². The van der Waals surface area contributed by atoms with Crippen LogP contribution in [0.2, 0.25) is 0 Å². The van der Waals surface area contributed by atoms with E-state index in [4.69, 9.17) is 0 Å². The molecule has 1 fully saturated rings. The fourth-order valence-electron chi connectivity index (χ4n) is 2.56. The van der Waals surface area contributed by atoms with Crippen LogP contribution in [0.15, 0.2) is 29.5 Å². The Kier molecular flexibility index (Phi) is 3.81. The second kappa shape index (κ2) is 5.90. The van der Waals surface area contributed by atoms with E-state index in [1.165, 1.54) is 0 Å². The van der Waals surface area contributed by atoms with Crippen molar-refractivity contribution in [3.63, 3.8) is 0 Å². The average molecular weight is 286 g/mol. The first-order chi connectivity index (χ1) is 10.2. The zero-order valence-electron chi connectivity index (χ0n) is 11.9. The van der Waals surface area contributed by atoms with Crippen molar-refractivity contribution in [2.75, 3.05) is 23.3 Å². The molecule has 7 nitrogen and oxygen atoms in total. The molecule has 0 aliphatic carbocycles. The van der Waals surface area contributed by atoms with Gasteiger partial charge in [-0.2, -0.15) is 0 Å². The van der Waals surface area contributed by atoms with Crippen molar-refractivity contribution in [3.05, 3.63) is 40.7 Å². The van der Waals surface area contributed by atoms with E-state index < -0.39 is 0 Å². The summed E-state index contributed by atoms with van der Waals surface area (Å²) in [7, 11) is 0. The van der Waals surface area contributed by atoms with Crippen LogP contribution in [0.5, 0.6) is 0 Å². The molecule has 0 aromatic carbocycles. The number of aromatic nitrogens is 4. The summed E-state index contributed by atoms with van der Waals surface area (Å²) in [5.74, 6) is 1.12. The topological polar surface area (TPSA) is 86.8 Å². The van der Waals surface area contributed by atoms with Gasteiger partial charge in [0.15, 0.2) is 5.82 Å². The van der Waals surface area contributed by atoms with Gasteiger partial charge in [0, 0.05) is 43.4 Å². The van der Waals surface area contributed by atoms with Crippen LogP contribution in [0.1, 0.15) is 18.5 Å². The molecule has 3 heterocycles. The summed E-state index contributed by atoms with van der Waals surface area (Å²) >= 11 is 0. The Bertz CT molecular complexity index is 670. The Morgan fingerprint density at radius 3 is 3.10 bits per heavy atom. The molecule has 1 aliphatic rings. The van der Waals surface area contributed by atoms with Gasteiger partial charge in [0.25, 0.3) is 5.56 Å². The Hall–Kier alpha value is -2.44. The third kappa shape index (κ3) is 3.18. The zero-order chi connectivity index (χ0) is 14.7. The minimum Gasteiger partial charge on any atom is -0.350 e. The van der Waals surface area contributed by atoms with Gasteiger partial charge in [-0.3, -0.25) is 4.79 Å². The van der Waals surface area contributed by atoms with Crippen LogP contribution in [0.4, 0.5) is 11.8 Å². The number of H-pyrrole nitrogens is 1. The molecule has 2 aromatic rings. The first-order valence-corrected chi connectivity index (χ1v) is 7.07. The lowest BCUT2D eigenvalue weighted by atomic mass is 10.1. The number of aromatic amines is 1. The normalized spacial score (nSPS) is 18.5. The van der Waals surface area contributed by atoms with Crippen molar-refractivity contribution in [1.29, 1.82) is 0 Å². The van der Waals surface area contributed by atoms with Crippen LogP contribution in [-0.4, -0.2) is 39.1 Å². The smallest absolute Gasteiger partial charge is 0.290 e. The highest BCUT2D eigenvalue weighted by atomic mass is 16.1. The molecule has 3 rings (SSSR count). The summed E-state index contributed by atoms with van der Waals surface area (Å²) in [5, 5.41) is 3.34. The monoisotopic (exact) mass is 286 g/mol. The molecule has 1 atom stereocenters. The molecule has 0 saturated carbocycles. The van der Waals surface area contributed by atoms with Crippen molar-refractivity contribution >= 4 is 11.8 Å². The van der Waals surface area contributed by atoms with Gasteiger partial charge >= 0.3 is 0 Å². The van der Waals surface area contributed by atoms with E-state index in [2.05, 4.69) is 25.3 Å². The van der Waals surface area contributed by atoms with E-state index in [9.17, 15) is 4.79 Å². The quantitative estimate of drug-likeness (QED) is 0.873. The number of hydrogen-bond acceptors (Lipinski definition) is 6. The first kappa shape index (κ1) is 13.5. The van der Waals surface area contributed by atoms with E-state index in [1.54, 1.807) is 18.6 Å². The fourth-order valence-corrected chi connectivity index (χ4v) is 2.56. The molecule has 2 aromatic heterocycles. The lowest BCUT2D eigenvalue weighted by Gasteiger charge is -2.33. The summed E-state index contributed by atoms with van der Waals surface area (Å²) in [6, 6.07) is 2.08. The summed E-state index contributed by atoms with van der Waals surface area (Å²) in [6.07, 6.45) is 6.93. The molecule has 7 heteroatoms. The van der Waals surface area contributed by atoms with Crippen LogP contribution >= 0.6 is 0 Å². The second-order valence-electron chi connectivity index (χ2n) is 5.19. The molecule has 1 aliphatic heterocycles. The maximum Gasteiger partial charge on any atom is 0.290 e. The van der Waals surface area contributed by atoms with E-state index >= 15 is 0 Å². The molecule has 1 saturated heterocycles. The van der Waals surface area contributed by atoms with Gasteiger partial charge in [-0.25, -0.2) is 15.0 Å². The number of nitrogens with one attached hydrogen (secondary N) is 2. The van der Waals surface area contributed by atoms with Crippen molar-refractivity contribution in [3.8, 4) is 0 Å². The average Bonchev–Trinajstić information content (AvgIpc) is 2.48. The van der Waals surface area contributed by atoms with Crippen LogP contribution in [-0.2, 0) is 0 Å². The largest absolute Gasteiger partial charge is 0.350 e. The van der Waals surface area contributed by atoms with E-state index in [1.807, 2.05) is 17.9 Å². The van der Waals surface area contributed by atoms with Gasteiger partial charge in [0.1, 0.15) is 0 Å². The van der Waals surface area contributed by atoms with Crippen molar-refractivity contribution in [2.45, 2.75) is 25.8 Å². The van der Waals surface area contributed by atoms with Crippen LogP contribution in [0, 0.1) is 6.92 Å². The molecule has 110 valence electrons. The molecule has 0 amide bonds. The summed E-state index contributed by atoms with van der Waals surface area (Å²) in [5.41, 5.74) is 0.784. The summed E-state index contributed by atoms with van der Waals surface area (Å²) in [6.45, 7) is 3.50. The molecule has 0 bridgehead atoms. The number of nitrogens with zero attached hydrogens (tertiary/aromatic N) is 4. The standard InChI is InChI=1S/C14H18N6O/c1-10-4-5-17-14(18-10)19-11-3-2-8-20(9-11)12-13(21)16-7-6-15-12/h4-7,11H,2-3,8-9H2,1H3,(H,16,21)(H,17,18,19)/t11-/m0/s1. The van der Waals surface area contributed by atoms with Crippen LogP contribution < -0.4 is 15.8 Å². The van der Waals surface area contributed by atoms with Crippen LogP contribution in [0.25, 0.3) is 0 Å². The number of hydrogen-bond donors (Lipinski definition) is 2. The molecular weight excluding hydrogens is 268 g/mol. The first-order valence-electron chi connectivity index (χ1n) is 7.07. The van der Waals surface area contributed by atoms with Gasteiger partial charge in [0.05, 0.1) is 0 Å². The molecule has 0 unspecified atom stereocenters.